The Morgan fingerprint density at radius 1 is 1.47 bits per heavy atom. The molecule has 0 atom stereocenters. The Morgan fingerprint density at radius 3 is 2.79 bits per heavy atom. The fraction of sp³-hybridized carbons (Fsp3) is 0.333. The van der Waals surface area contributed by atoms with Crippen molar-refractivity contribution in [3.8, 4) is 5.75 Å². The Bertz CT molecular complexity index is 485. The van der Waals surface area contributed by atoms with Crippen molar-refractivity contribution in [1.29, 1.82) is 0 Å². The van der Waals surface area contributed by atoms with Crippen molar-refractivity contribution in [3.63, 3.8) is 0 Å². The van der Waals surface area contributed by atoms with Crippen LogP contribution in [0, 0.1) is 10.1 Å². The molecular weight excluding hydrogens is 254 g/mol. The van der Waals surface area contributed by atoms with E-state index in [-0.39, 0.29) is 36.0 Å². The molecule has 0 amide bonds. The first-order chi connectivity index (χ1) is 9.08. The first kappa shape index (κ1) is 14.6. The second kappa shape index (κ2) is 7.10. The van der Waals surface area contributed by atoms with E-state index in [1.165, 1.54) is 19.2 Å². The molecule has 102 valence electrons. The smallest absolute Gasteiger partial charge is 0.311 e. The number of nitrogens with zero attached hydrogens (tertiary/aromatic N) is 1. The van der Waals surface area contributed by atoms with E-state index in [4.69, 9.17) is 4.74 Å². The van der Waals surface area contributed by atoms with Gasteiger partial charge >= 0.3 is 11.7 Å². The molecule has 0 spiro atoms. The lowest BCUT2D eigenvalue weighted by Crippen LogP contribution is -2.05. The van der Waals surface area contributed by atoms with Gasteiger partial charge in [-0.25, -0.2) is 0 Å². The van der Waals surface area contributed by atoms with Crippen molar-refractivity contribution in [2.45, 2.75) is 12.8 Å². The Labute approximate surface area is 109 Å². The van der Waals surface area contributed by atoms with Crippen LogP contribution in [0.4, 0.5) is 5.69 Å². The molecule has 0 fully saturated rings. The molecule has 0 unspecified atom stereocenters. The molecular formula is C12H13NO6. The molecule has 19 heavy (non-hydrogen) atoms. The van der Waals surface area contributed by atoms with Crippen LogP contribution in [-0.2, 0) is 9.53 Å². The van der Waals surface area contributed by atoms with Gasteiger partial charge in [0, 0.05) is 18.1 Å². The minimum Gasteiger partial charge on any atom is -0.487 e. The van der Waals surface area contributed by atoms with Crippen LogP contribution in [-0.4, -0.2) is 30.9 Å². The average molecular weight is 267 g/mol. The van der Waals surface area contributed by atoms with Crippen LogP contribution in [0.15, 0.2) is 18.2 Å². The number of hydrogen-bond acceptors (Lipinski definition) is 6. The lowest BCUT2D eigenvalue weighted by Gasteiger charge is -2.06. The van der Waals surface area contributed by atoms with Gasteiger partial charge in [-0.2, -0.15) is 0 Å². The van der Waals surface area contributed by atoms with Crippen LogP contribution in [0.2, 0.25) is 0 Å². The molecule has 7 heteroatoms. The number of nitro benzene ring substituents is 1. The Kier molecular flexibility index (Phi) is 5.46. The summed E-state index contributed by atoms with van der Waals surface area (Å²) in [5.41, 5.74) is -0.0729. The fourth-order valence-electron chi connectivity index (χ4n) is 1.37. The van der Waals surface area contributed by atoms with Crippen LogP contribution in [0.5, 0.6) is 5.75 Å². The van der Waals surface area contributed by atoms with E-state index >= 15 is 0 Å². The largest absolute Gasteiger partial charge is 0.487 e. The first-order valence-electron chi connectivity index (χ1n) is 5.51. The van der Waals surface area contributed by atoms with Crippen molar-refractivity contribution < 1.29 is 24.0 Å². The third kappa shape index (κ3) is 4.38. The van der Waals surface area contributed by atoms with Gasteiger partial charge in [0.05, 0.1) is 18.6 Å². The van der Waals surface area contributed by atoms with Gasteiger partial charge in [0.25, 0.3) is 0 Å². The molecule has 0 aliphatic rings. The number of methoxy groups -OCH3 is 1. The van der Waals surface area contributed by atoms with Gasteiger partial charge < -0.3 is 9.47 Å². The van der Waals surface area contributed by atoms with E-state index in [9.17, 15) is 19.7 Å². The highest BCUT2D eigenvalue weighted by molar-refractivity contribution is 5.77. The van der Waals surface area contributed by atoms with E-state index in [1.54, 1.807) is 0 Å². The highest BCUT2D eigenvalue weighted by atomic mass is 16.6. The molecule has 0 aliphatic carbocycles. The number of esters is 1. The molecule has 0 aliphatic heterocycles. The fourth-order valence-corrected chi connectivity index (χ4v) is 1.37. The van der Waals surface area contributed by atoms with Gasteiger partial charge in [-0.3, -0.25) is 19.7 Å². The number of carbonyl (C=O) groups excluding carboxylic acids is 2. The second-order valence-corrected chi connectivity index (χ2v) is 3.63. The molecule has 0 saturated heterocycles. The van der Waals surface area contributed by atoms with E-state index < -0.39 is 4.92 Å². The van der Waals surface area contributed by atoms with Gasteiger partial charge in [-0.05, 0) is 18.6 Å². The summed E-state index contributed by atoms with van der Waals surface area (Å²) >= 11 is 0. The van der Waals surface area contributed by atoms with Crippen LogP contribution >= 0.6 is 0 Å². The quantitative estimate of drug-likeness (QED) is 0.245. The van der Waals surface area contributed by atoms with Crippen molar-refractivity contribution in [2.75, 3.05) is 13.7 Å². The monoisotopic (exact) mass is 267 g/mol. The van der Waals surface area contributed by atoms with E-state index in [2.05, 4.69) is 4.74 Å². The molecule has 0 heterocycles. The Balaban J connectivity index is 2.65. The zero-order valence-corrected chi connectivity index (χ0v) is 10.3. The Morgan fingerprint density at radius 2 is 2.21 bits per heavy atom. The van der Waals surface area contributed by atoms with Crippen molar-refractivity contribution >= 4 is 17.9 Å². The minimum atomic E-state index is -0.622. The summed E-state index contributed by atoms with van der Waals surface area (Å²) in [6, 6.07) is 3.93. The summed E-state index contributed by atoms with van der Waals surface area (Å²) in [7, 11) is 1.28. The van der Waals surface area contributed by atoms with Crippen molar-refractivity contribution in [3.05, 3.63) is 33.9 Å². The SMILES string of the molecule is COC(=O)CCCOc1ccc(C=O)cc1[N+](=O)[O-]. The van der Waals surface area contributed by atoms with Crippen LogP contribution < -0.4 is 4.74 Å². The van der Waals surface area contributed by atoms with Crippen molar-refractivity contribution in [2.24, 2.45) is 0 Å². The zero-order chi connectivity index (χ0) is 14.3. The summed E-state index contributed by atoms with van der Waals surface area (Å²) in [6.07, 6.45) is 1.09. The minimum absolute atomic E-state index is 0.0699. The molecule has 0 bridgehead atoms. The summed E-state index contributed by atoms with van der Waals surface area (Å²) < 4.78 is 9.68. The summed E-state index contributed by atoms with van der Waals surface area (Å²) in [5.74, 6) is -0.296. The predicted octanol–water partition coefficient (Wildman–Crippen LogP) is 1.74. The van der Waals surface area contributed by atoms with Gasteiger partial charge in [0.2, 0.25) is 0 Å². The molecule has 0 saturated carbocycles. The van der Waals surface area contributed by atoms with Gasteiger partial charge in [-0.15, -0.1) is 0 Å². The van der Waals surface area contributed by atoms with Crippen LogP contribution in [0.25, 0.3) is 0 Å². The van der Waals surface area contributed by atoms with E-state index in [0.29, 0.717) is 12.7 Å². The zero-order valence-electron chi connectivity index (χ0n) is 10.3. The normalized spacial score (nSPS) is 9.74. The molecule has 0 aromatic heterocycles. The predicted molar refractivity (Wildman–Crippen MR) is 65.2 cm³/mol. The molecule has 1 aromatic rings. The number of ether oxygens (including phenoxy) is 2. The number of aldehydes is 1. The molecule has 1 rings (SSSR count). The number of nitro groups is 1. The number of benzene rings is 1. The summed E-state index contributed by atoms with van der Waals surface area (Å²) in [5, 5.41) is 10.8. The standard InChI is InChI=1S/C12H13NO6/c1-18-12(15)3-2-6-19-11-5-4-9(8-14)7-10(11)13(16)17/h4-5,7-8H,2-3,6H2,1H3. The van der Waals surface area contributed by atoms with Gasteiger partial charge in [0.15, 0.2) is 5.75 Å². The molecule has 0 N–H and O–H groups in total. The average Bonchev–Trinajstić information content (AvgIpc) is 2.43. The van der Waals surface area contributed by atoms with E-state index in [0.717, 1.165) is 6.07 Å². The van der Waals surface area contributed by atoms with E-state index in [1.807, 2.05) is 0 Å². The summed E-state index contributed by atoms with van der Waals surface area (Å²) in [4.78, 5) is 31.6. The van der Waals surface area contributed by atoms with Gasteiger partial charge in [0.1, 0.15) is 6.29 Å². The first-order valence-corrected chi connectivity index (χ1v) is 5.51. The second-order valence-electron chi connectivity index (χ2n) is 3.63. The maximum absolute atomic E-state index is 10.9. The molecule has 7 nitrogen and oxygen atoms in total. The molecule has 0 radical (unpaired) electrons. The number of rotatable bonds is 7. The third-order valence-corrected chi connectivity index (χ3v) is 2.33. The summed E-state index contributed by atoms with van der Waals surface area (Å²) in [6.45, 7) is 0.149. The number of carbonyl (C=O) groups is 2. The Hall–Kier alpha value is -2.44. The van der Waals surface area contributed by atoms with Crippen LogP contribution in [0.3, 0.4) is 0 Å². The maximum atomic E-state index is 10.9. The highest BCUT2D eigenvalue weighted by Crippen LogP contribution is 2.27. The highest BCUT2D eigenvalue weighted by Gasteiger charge is 2.15. The number of hydrogen-bond donors (Lipinski definition) is 0. The topological polar surface area (TPSA) is 95.7 Å². The lowest BCUT2D eigenvalue weighted by atomic mass is 10.2. The van der Waals surface area contributed by atoms with Crippen molar-refractivity contribution in [1.82, 2.24) is 0 Å². The molecule has 1 aromatic carbocycles. The maximum Gasteiger partial charge on any atom is 0.311 e. The van der Waals surface area contributed by atoms with Crippen LogP contribution in [0.1, 0.15) is 23.2 Å². The van der Waals surface area contributed by atoms with Gasteiger partial charge in [-0.1, -0.05) is 0 Å². The lowest BCUT2D eigenvalue weighted by molar-refractivity contribution is -0.385. The third-order valence-electron chi connectivity index (χ3n) is 2.33.